The minimum Gasteiger partial charge on any atom is -0.377 e. The first kappa shape index (κ1) is 25.5. The monoisotopic (exact) mass is 522 g/mol. The van der Waals surface area contributed by atoms with Crippen molar-refractivity contribution in [1.82, 2.24) is 39.7 Å². The third-order valence-electron chi connectivity index (χ3n) is 9.16. The molecule has 0 aromatic carbocycles. The molecule has 3 fully saturated rings. The summed E-state index contributed by atoms with van der Waals surface area (Å²) in [6.07, 6.45) is 9.95. The van der Waals surface area contributed by atoms with E-state index in [1.165, 1.54) is 44.9 Å². The van der Waals surface area contributed by atoms with Crippen LogP contribution in [0.2, 0.25) is 0 Å². The fraction of sp³-hybridized carbons (Fsp3) is 0.778. The summed E-state index contributed by atoms with van der Waals surface area (Å²) >= 11 is 0. The number of tetrazole rings is 1. The summed E-state index contributed by atoms with van der Waals surface area (Å²) in [4.78, 5) is 17.7. The van der Waals surface area contributed by atoms with E-state index in [-0.39, 0.29) is 0 Å². The zero-order valence-electron chi connectivity index (χ0n) is 23.3. The Kier molecular flexibility index (Phi) is 7.20. The van der Waals surface area contributed by atoms with Crippen molar-refractivity contribution in [2.24, 2.45) is 24.8 Å². The molecule has 11 heteroatoms. The second-order valence-electron chi connectivity index (χ2n) is 11.8. The van der Waals surface area contributed by atoms with E-state index < -0.39 is 0 Å². The van der Waals surface area contributed by atoms with Gasteiger partial charge >= 0.3 is 0 Å². The quantitative estimate of drug-likeness (QED) is 0.468. The minimum absolute atomic E-state index is 0.298. The molecule has 2 atom stereocenters. The molecule has 38 heavy (non-hydrogen) atoms. The number of anilines is 2. The van der Waals surface area contributed by atoms with Crippen LogP contribution in [0.1, 0.15) is 72.1 Å². The second-order valence-corrected chi connectivity index (χ2v) is 11.8. The van der Waals surface area contributed by atoms with Gasteiger partial charge in [0.1, 0.15) is 5.52 Å². The Hall–Kier alpha value is -2.82. The number of rotatable bonds is 8. The number of hydrogen-bond donors (Lipinski definition) is 1. The van der Waals surface area contributed by atoms with E-state index in [4.69, 9.17) is 19.7 Å². The predicted octanol–water partition coefficient (Wildman–Crippen LogP) is 4.06. The molecule has 2 aliphatic carbocycles. The van der Waals surface area contributed by atoms with Crippen molar-refractivity contribution < 1.29 is 4.74 Å². The summed E-state index contributed by atoms with van der Waals surface area (Å²) in [5.74, 6) is 5.00. The molecule has 3 aromatic heterocycles. The van der Waals surface area contributed by atoms with Crippen molar-refractivity contribution in [2.75, 3.05) is 30.0 Å². The number of nitrogens with zero attached hydrogens (tertiary/aromatic N) is 9. The lowest BCUT2D eigenvalue weighted by molar-refractivity contribution is 0.0916. The van der Waals surface area contributed by atoms with Gasteiger partial charge in [0.25, 0.3) is 0 Å². The molecule has 0 radical (unpaired) electrons. The highest BCUT2D eigenvalue weighted by molar-refractivity contribution is 5.87. The number of morpholine rings is 1. The van der Waals surface area contributed by atoms with Crippen LogP contribution in [0.25, 0.3) is 22.8 Å². The standard InChI is InChI=1S/C27H42N10O/c1-5-21-16-38-14-13-36(21)27-31-24-22(37(27)15-19-11-9-17(2)10-12-19)23(28-18(3)20-7-6-8-20)29-25(30-24)26-32-33-34-35(26)4/h17-21H,5-16H2,1-4H3,(H,28,29,30). The molecule has 0 amide bonds. The predicted molar refractivity (Wildman–Crippen MR) is 147 cm³/mol. The fourth-order valence-corrected chi connectivity index (χ4v) is 6.34. The van der Waals surface area contributed by atoms with Crippen LogP contribution in [0.3, 0.4) is 0 Å². The van der Waals surface area contributed by atoms with E-state index in [2.05, 4.69) is 51.1 Å². The molecule has 0 bridgehead atoms. The second kappa shape index (κ2) is 10.7. The number of aryl methyl sites for hydroxylation is 1. The third kappa shape index (κ3) is 4.85. The van der Waals surface area contributed by atoms with E-state index in [0.29, 0.717) is 47.8 Å². The smallest absolute Gasteiger partial charge is 0.219 e. The molecule has 6 rings (SSSR count). The summed E-state index contributed by atoms with van der Waals surface area (Å²) in [5, 5.41) is 15.9. The van der Waals surface area contributed by atoms with Gasteiger partial charge in [-0.2, -0.15) is 4.98 Å². The Bertz CT molecular complexity index is 1240. The van der Waals surface area contributed by atoms with Crippen LogP contribution in [-0.2, 0) is 18.3 Å². The Morgan fingerprint density at radius 3 is 2.58 bits per heavy atom. The van der Waals surface area contributed by atoms with Gasteiger partial charge in [0.15, 0.2) is 11.5 Å². The average molecular weight is 523 g/mol. The normalized spacial score (nSPS) is 25.5. The SMILES string of the molecule is CCC1COCCN1c1nc2nc(-c3nnnn3C)nc(NC(C)C3CCC3)c2n1CC1CCC(C)CC1. The molecule has 2 unspecified atom stereocenters. The number of ether oxygens (including phenoxy) is 1. The van der Waals surface area contributed by atoms with Gasteiger partial charge < -0.3 is 19.5 Å². The van der Waals surface area contributed by atoms with Crippen LogP contribution in [0, 0.1) is 17.8 Å². The largest absolute Gasteiger partial charge is 0.377 e. The lowest BCUT2D eigenvalue weighted by Gasteiger charge is -2.37. The van der Waals surface area contributed by atoms with Gasteiger partial charge in [-0.15, -0.1) is 5.10 Å². The Balaban J connectivity index is 1.49. The summed E-state index contributed by atoms with van der Waals surface area (Å²) in [6.45, 7) is 10.1. The molecule has 0 spiro atoms. The van der Waals surface area contributed by atoms with Crippen LogP contribution in [0.4, 0.5) is 11.8 Å². The number of aromatic nitrogens is 8. The van der Waals surface area contributed by atoms with Crippen LogP contribution in [0.5, 0.6) is 0 Å². The van der Waals surface area contributed by atoms with Crippen molar-refractivity contribution in [3.8, 4) is 11.6 Å². The molecule has 2 saturated carbocycles. The highest BCUT2D eigenvalue weighted by Gasteiger charge is 2.32. The highest BCUT2D eigenvalue weighted by atomic mass is 16.5. The Morgan fingerprint density at radius 2 is 1.89 bits per heavy atom. The Morgan fingerprint density at radius 1 is 1.08 bits per heavy atom. The molecular weight excluding hydrogens is 480 g/mol. The van der Waals surface area contributed by atoms with Gasteiger partial charge in [0.05, 0.1) is 19.3 Å². The van der Waals surface area contributed by atoms with Crippen molar-refractivity contribution in [1.29, 1.82) is 0 Å². The third-order valence-corrected chi connectivity index (χ3v) is 9.16. The van der Waals surface area contributed by atoms with E-state index in [0.717, 1.165) is 49.3 Å². The topological polar surface area (TPSA) is 112 Å². The molecule has 1 aliphatic heterocycles. The van der Waals surface area contributed by atoms with Crippen molar-refractivity contribution >= 4 is 22.9 Å². The highest BCUT2D eigenvalue weighted by Crippen LogP contribution is 2.37. The lowest BCUT2D eigenvalue weighted by atomic mass is 9.80. The molecular formula is C27H42N10O. The Labute approximate surface area is 224 Å². The van der Waals surface area contributed by atoms with Gasteiger partial charge in [0, 0.05) is 26.2 Å². The zero-order valence-corrected chi connectivity index (χ0v) is 23.3. The van der Waals surface area contributed by atoms with Crippen molar-refractivity contribution in [3.63, 3.8) is 0 Å². The maximum atomic E-state index is 5.86. The summed E-state index contributed by atoms with van der Waals surface area (Å²) in [7, 11) is 1.82. The zero-order chi connectivity index (χ0) is 26.2. The van der Waals surface area contributed by atoms with Gasteiger partial charge in [-0.25, -0.2) is 14.6 Å². The summed E-state index contributed by atoms with van der Waals surface area (Å²) < 4.78 is 9.91. The molecule has 11 nitrogen and oxygen atoms in total. The molecule has 3 aliphatic rings. The first-order valence-electron chi connectivity index (χ1n) is 14.6. The van der Waals surface area contributed by atoms with Crippen LogP contribution in [0.15, 0.2) is 0 Å². The van der Waals surface area contributed by atoms with E-state index in [1.54, 1.807) is 4.68 Å². The number of imidazole rings is 1. The first-order valence-corrected chi connectivity index (χ1v) is 14.6. The summed E-state index contributed by atoms with van der Waals surface area (Å²) in [5.41, 5.74) is 1.71. The van der Waals surface area contributed by atoms with Crippen LogP contribution < -0.4 is 10.2 Å². The van der Waals surface area contributed by atoms with Gasteiger partial charge in [0.2, 0.25) is 17.6 Å². The van der Waals surface area contributed by atoms with Crippen molar-refractivity contribution in [2.45, 2.75) is 90.8 Å². The summed E-state index contributed by atoms with van der Waals surface area (Å²) in [6, 6.07) is 0.618. The van der Waals surface area contributed by atoms with Crippen molar-refractivity contribution in [3.05, 3.63) is 0 Å². The number of nitrogens with one attached hydrogen (secondary N) is 1. The molecule has 3 aromatic rings. The van der Waals surface area contributed by atoms with E-state index in [1.807, 2.05) is 7.05 Å². The lowest BCUT2D eigenvalue weighted by Crippen LogP contribution is -2.46. The number of fused-ring (bicyclic) bond motifs is 1. The first-order chi connectivity index (χ1) is 18.5. The average Bonchev–Trinajstić information content (AvgIpc) is 3.47. The number of hydrogen-bond acceptors (Lipinski definition) is 9. The molecule has 206 valence electrons. The van der Waals surface area contributed by atoms with Crippen LogP contribution in [-0.4, -0.2) is 71.6 Å². The molecule has 4 heterocycles. The fourth-order valence-electron chi connectivity index (χ4n) is 6.34. The molecule has 1 saturated heterocycles. The molecule has 1 N–H and O–H groups in total. The van der Waals surface area contributed by atoms with Gasteiger partial charge in [-0.1, -0.05) is 33.1 Å². The van der Waals surface area contributed by atoms with E-state index in [9.17, 15) is 0 Å². The maximum absolute atomic E-state index is 5.86. The van der Waals surface area contributed by atoms with Gasteiger partial charge in [-0.3, -0.25) is 0 Å². The van der Waals surface area contributed by atoms with E-state index >= 15 is 0 Å². The van der Waals surface area contributed by atoms with Crippen LogP contribution >= 0.6 is 0 Å². The minimum atomic E-state index is 0.298. The van der Waals surface area contributed by atoms with Gasteiger partial charge in [-0.05, 0) is 67.2 Å². The maximum Gasteiger partial charge on any atom is 0.219 e.